The van der Waals surface area contributed by atoms with Crippen LogP contribution in [0.1, 0.15) is 33.3 Å². The smallest absolute Gasteiger partial charge is 0.201 e. The maximum atomic E-state index is 13.6. The molecule has 20 heavy (non-hydrogen) atoms. The van der Waals surface area contributed by atoms with Gasteiger partial charge in [-0.15, -0.1) is 0 Å². The van der Waals surface area contributed by atoms with Crippen molar-refractivity contribution in [1.29, 1.82) is 0 Å². The fourth-order valence-electron chi connectivity index (χ4n) is 2.86. The van der Waals surface area contributed by atoms with Crippen molar-refractivity contribution in [3.05, 3.63) is 23.5 Å². The van der Waals surface area contributed by atoms with E-state index >= 15 is 0 Å². The molecule has 0 aliphatic heterocycles. The summed E-state index contributed by atoms with van der Waals surface area (Å²) in [6, 6.07) is 3.31. The van der Waals surface area contributed by atoms with Crippen LogP contribution in [0.3, 0.4) is 0 Å². The van der Waals surface area contributed by atoms with Crippen molar-refractivity contribution < 1.29 is 4.39 Å². The Kier molecular flexibility index (Phi) is 4.02. The standard InChI is InChI=1S/C16H24FN3/c1-9(2)12(10(3)4)8-20-15-6-11(5)13(17)7-14(15)19-16(20)18/h6-7,9-10,12H,8H2,1-5H3,(H2,18,19). The van der Waals surface area contributed by atoms with Gasteiger partial charge in [-0.3, -0.25) is 0 Å². The van der Waals surface area contributed by atoms with E-state index < -0.39 is 0 Å². The largest absolute Gasteiger partial charge is 0.369 e. The van der Waals surface area contributed by atoms with E-state index in [1.165, 1.54) is 6.07 Å². The lowest BCUT2D eigenvalue weighted by molar-refractivity contribution is 0.255. The van der Waals surface area contributed by atoms with Gasteiger partial charge in [0.15, 0.2) is 0 Å². The Bertz CT molecular complexity index is 606. The molecule has 0 aliphatic rings. The van der Waals surface area contributed by atoms with Gasteiger partial charge in [-0.25, -0.2) is 9.37 Å². The lowest BCUT2D eigenvalue weighted by atomic mass is 9.85. The zero-order chi connectivity index (χ0) is 15.0. The minimum Gasteiger partial charge on any atom is -0.369 e. The number of halogens is 1. The molecule has 4 heteroatoms. The molecule has 2 aromatic rings. The van der Waals surface area contributed by atoms with Gasteiger partial charge in [-0.2, -0.15) is 0 Å². The lowest BCUT2D eigenvalue weighted by Gasteiger charge is -2.26. The number of nitrogens with two attached hydrogens (primary N) is 1. The van der Waals surface area contributed by atoms with Crippen LogP contribution in [-0.2, 0) is 6.54 Å². The zero-order valence-corrected chi connectivity index (χ0v) is 12.9. The van der Waals surface area contributed by atoms with Gasteiger partial charge >= 0.3 is 0 Å². The molecular weight excluding hydrogens is 253 g/mol. The molecule has 1 heterocycles. The molecule has 0 bridgehead atoms. The van der Waals surface area contributed by atoms with Crippen LogP contribution in [0.5, 0.6) is 0 Å². The Balaban J connectivity index is 2.48. The van der Waals surface area contributed by atoms with E-state index in [1.807, 2.05) is 10.6 Å². The van der Waals surface area contributed by atoms with E-state index in [0.717, 1.165) is 12.1 Å². The SMILES string of the molecule is Cc1cc2c(cc1F)nc(N)n2CC(C(C)C)C(C)C. The monoisotopic (exact) mass is 277 g/mol. The number of nitrogen functional groups attached to an aromatic ring is 1. The zero-order valence-electron chi connectivity index (χ0n) is 12.9. The third-order valence-electron chi connectivity index (χ3n) is 4.16. The van der Waals surface area contributed by atoms with Crippen molar-refractivity contribution in [3.63, 3.8) is 0 Å². The molecule has 1 aromatic heterocycles. The van der Waals surface area contributed by atoms with Crippen molar-refractivity contribution in [2.45, 2.75) is 41.2 Å². The molecule has 0 amide bonds. The average molecular weight is 277 g/mol. The summed E-state index contributed by atoms with van der Waals surface area (Å²) in [5.74, 6) is 1.88. The Morgan fingerprint density at radius 3 is 2.35 bits per heavy atom. The van der Waals surface area contributed by atoms with E-state index in [4.69, 9.17) is 5.73 Å². The van der Waals surface area contributed by atoms with Crippen LogP contribution in [0.4, 0.5) is 10.3 Å². The Hall–Kier alpha value is -1.58. The number of rotatable bonds is 4. The van der Waals surface area contributed by atoms with Gasteiger partial charge in [-0.05, 0) is 36.3 Å². The number of hydrogen-bond acceptors (Lipinski definition) is 2. The van der Waals surface area contributed by atoms with Crippen molar-refractivity contribution in [1.82, 2.24) is 9.55 Å². The van der Waals surface area contributed by atoms with Crippen LogP contribution in [0.25, 0.3) is 11.0 Å². The number of benzene rings is 1. The predicted molar refractivity (Wildman–Crippen MR) is 82.0 cm³/mol. The van der Waals surface area contributed by atoms with Crippen LogP contribution in [-0.4, -0.2) is 9.55 Å². The van der Waals surface area contributed by atoms with E-state index in [0.29, 0.717) is 34.8 Å². The van der Waals surface area contributed by atoms with E-state index in [9.17, 15) is 4.39 Å². The number of aromatic nitrogens is 2. The highest BCUT2D eigenvalue weighted by Crippen LogP contribution is 2.27. The van der Waals surface area contributed by atoms with Crippen LogP contribution in [0, 0.1) is 30.5 Å². The van der Waals surface area contributed by atoms with Crippen LogP contribution >= 0.6 is 0 Å². The minimum absolute atomic E-state index is 0.230. The van der Waals surface area contributed by atoms with Crippen LogP contribution in [0.15, 0.2) is 12.1 Å². The van der Waals surface area contributed by atoms with Crippen molar-refractivity contribution >= 4 is 17.0 Å². The summed E-state index contributed by atoms with van der Waals surface area (Å²) in [4.78, 5) is 4.29. The second-order valence-corrected chi connectivity index (χ2v) is 6.32. The molecule has 0 fully saturated rings. The molecule has 0 saturated carbocycles. The molecule has 2 rings (SSSR count). The third-order valence-corrected chi connectivity index (χ3v) is 4.16. The molecule has 0 aliphatic carbocycles. The lowest BCUT2D eigenvalue weighted by Crippen LogP contribution is -2.22. The molecule has 2 N–H and O–H groups in total. The minimum atomic E-state index is -0.230. The predicted octanol–water partition coefficient (Wildman–Crippen LogP) is 3.99. The molecule has 0 radical (unpaired) electrons. The maximum Gasteiger partial charge on any atom is 0.201 e. The first-order valence-corrected chi connectivity index (χ1v) is 7.23. The van der Waals surface area contributed by atoms with E-state index in [-0.39, 0.29) is 5.82 Å². The normalized spacial score (nSPS) is 12.2. The summed E-state index contributed by atoms with van der Waals surface area (Å²) in [6.45, 7) is 11.5. The second-order valence-electron chi connectivity index (χ2n) is 6.32. The summed E-state index contributed by atoms with van der Waals surface area (Å²) in [5.41, 5.74) is 8.22. The van der Waals surface area contributed by atoms with Gasteiger partial charge < -0.3 is 10.3 Å². The van der Waals surface area contributed by atoms with Crippen molar-refractivity contribution in [2.75, 3.05) is 5.73 Å². The molecule has 0 spiro atoms. The number of imidazole rings is 1. The molecule has 0 atom stereocenters. The molecule has 110 valence electrons. The molecule has 0 saturated heterocycles. The number of aryl methyl sites for hydroxylation is 1. The highest BCUT2D eigenvalue weighted by Gasteiger charge is 2.21. The summed E-state index contributed by atoms with van der Waals surface area (Å²) >= 11 is 0. The van der Waals surface area contributed by atoms with Crippen LogP contribution in [0.2, 0.25) is 0 Å². The van der Waals surface area contributed by atoms with Crippen LogP contribution < -0.4 is 5.73 Å². The van der Waals surface area contributed by atoms with Gasteiger partial charge in [0.2, 0.25) is 5.95 Å². The van der Waals surface area contributed by atoms with Crippen molar-refractivity contribution in [2.24, 2.45) is 17.8 Å². The average Bonchev–Trinajstić information content (AvgIpc) is 2.61. The van der Waals surface area contributed by atoms with Gasteiger partial charge in [0.1, 0.15) is 5.82 Å². The number of nitrogens with zero attached hydrogens (tertiary/aromatic N) is 2. The Morgan fingerprint density at radius 1 is 1.20 bits per heavy atom. The van der Waals surface area contributed by atoms with Gasteiger partial charge in [-0.1, -0.05) is 27.7 Å². The summed E-state index contributed by atoms with van der Waals surface area (Å²) in [6.07, 6.45) is 0. The first kappa shape index (κ1) is 14.8. The second kappa shape index (κ2) is 5.43. The van der Waals surface area contributed by atoms with Gasteiger partial charge in [0.05, 0.1) is 11.0 Å². The maximum absolute atomic E-state index is 13.6. The highest BCUT2D eigenvalue weighted by molar-refractivity contribution is 5.79. The summed E-state index contributed by atoms with van der Waals surface area (Å²) in [7, 11) is 0. The Labute approximate surface area is 120 Å². The van der Waals surface area contributed by atoms with E-state index in [2.05, 4.69) is 32.7 Å². The highest BCUT2D eigenvalue weighted by atomic mass is 19.1. The quantitative estimate of drug-likeness (QED) is 0.918. The topological polar surface area (TPSA) is 43.8 Å². The molecule has 0 unspecified atom stereocenters. The first-order valence-electron chi connectivity index (χ1n) is 7.23. The number of anilines is 1. The van der Waals surface area contributed by atoms with Gasteiger partial charge in [0.25, 0.3) is 0 Å². The van der Waals surface area contributed by atoms with E-state index in [1.54, 1.807) is 6.92 Å². The molecular formula is C16H24FN3. The number of hydrogen-bond donors (Lipinski definition) is 1. The summed E-state index contributed by atoms with van der Waals surface area (Å²) in [5, 5.41) is 0. The van der Waals surface area contributed by atoms with Gasteiger partial charge in [0, 0.05) is 12.6 Å². The molecule has 1 aromatic carbocycles. The fraction of sp³-hybridized carbons (Fsp3) is 0.562. The summed E-state index contributed by atoms with van der Waals surface area (Å²) < 4.78 is 15.6. The third kappa shape index (κ3) is 2.65. The van der Waals surface area contributed by atoms with Crippen molar-refractivity contribution in [3.8, 4) is 0 Å². The number of fused-ring (bicyclic) bond motifs is 1. The molecule has 3 nitrogen and oxygen atoms in total. The Morgan fingerprint density at radius 2 is 1.80 bits per heavy atom. The first-order chi connectivity index (χ1) is 9.31. The fourth-order valence-corrected chi connectivity index (χ4v) is 2.86.